The standard InChI is InChI=1S/C23H23N3O/c1-3-25(20-9-6-7-17(2)13-20)21-14-19(15-24-16-21)23(27)26-12-11-18-8-4-5-10-22(18)26/h4-10,13-16H,3,11-12H2,1-2H3. The third kappa shape index (κ3) is 3.31. The van der Waals surface area contributed by atoms with E-state index < -0.39 is 0 Å². The van der Waals surface area contributed by atoms with Crippen molar-refractivity contribution in [3.63, 3.8) is 0 Å². The van der Waals surface area contributed by atoms with Crippen LogP contribution < -0.4 is 9.80 Å². The van der Waals surface area contributed by atoms with E-state index in [1.165, 1.54) is 11.1 Å². The number of para-hydroxylation sites is 1. The highest BCUT2D eigenvalue weighted by Crippen LogP contribution is 2.30. The summed E-state index contributed by atoms with van der Waals surface area (Å²) in [5.74, 6) is 0.00888. The van der Waals surface area contributed by atoms with Gasteiger partial charge in [0.05, 0.1) is 17.4 Å². The van der Waals surface area contributed by atoms with Gasteiger partial charge >= 0.3 is 0 Å². The third-order valence-corrected chi connectivity index (χ3v) is 5.04. The van der Waals surface area contributed by atoms with E-state index in [2.05, 4.69) is 54.1 Å². The molecule has 0 N–H and O–H groups in total. The molecule has 4 rings (SSSR count). The monoisotopic (exact) mass is 357 g/mol. The summed E-state index contributed by atoms with van der Waals surface area (Å²) in [5, 5.41) is 0. The van der Waals surface area contributed by atoms with Gasteiger partial charge in [0.1, 0.15) is 0 Å². The highest BCUT2D eigenvalue weighted by molar-refractivity contribution is 6.07. The van der Waals surface area contributed by atoms with Gasteiger partial charge < -0.3 is 9.80 Å². The van der Waals surface area contributed by atoms with E-state index in [1.807, 2.05) is 35.4 Å². The maximum atomic E-state index is 13.1. The zero-order chi connectivity index (χ0) is 18.8. The van der Waals surface area contributed by atoms with Crippen LogP contribution in [0.15, 0.2) is 67.0 Å². The first-order valence-electron chi connectivity index (χ1n) is 9.36. The smallest absolute Gasteiger partial charge is 0.259 e. The van der Waals surface area contributed by atoms with Gasteiger partial charge in [-0.25, -0.2) is 0 Å². The van der Waals surface area contributed by atoms with Crippen molar-refractivity contribution in [2.75, 3.05) is 22.9 Å². The Kier molecular flexibility index (Phi) is 4.63. The normalized spacial score (nSPS) is 12.7. The molecule has 0 spiro atoms. The van der Waals surface area contributed by atoms with Gasteiger partial charge in [-0.1, -0.05) is 30.3 Å². The summed E-state index contributed by atoms with van der Waals surface area (Å²) in [5.41, 5.74) is 6.11. The Bertz CT molecular complexity index is 983. The fourth-order valence-electron chi connectivity index (χ4n) is 3.71. The van der Waals surface area contributed by atoms with Crippen molar-refractivity contribution < 1.29 is 4.79 Å². The molecule has 0 unspecified atom stereocenters. The molecule has 3 aromatic rings. The van der Waals surface area contributed by atoms with Crippen LogP contribution in [0.4, 0.5) is 17.1 Å². The number of aromatic nitrogens is 1. The quantitative estimate of drug-likeness (QED) is 0.676. The fraction of sp³-hybridized carbons (Fsp3) is 0.217. The second-order valence-electron chi connectivity index (χ2n) is 6.85. The topological polar surface area (TPSA) is 36.4 Å². The lowest BCUT2D eigenvalue weighted by atomic mass is 10.1. The van der Waals surface area contributed by atoms with Crippen LogP contribution in [0.3, 0.4) is 0 Å². The second-order valence-corrected chi connectivity index (χ2v) is 6.85. The molecule has 0 radical (unpaired) electrons. The van der Waals surface area contributed by atoms with Crippen LogP contribution in [0, 0.1) is 6.92 Å². The lowest BCUT2D eigenvalue weighted by Crippen LogP contribution is -2.29. The lowest BCUT2D eigenvalue weighted by Gasteiger charge is -2.24. The first-order valence-corrected chi connectivity index (χ1v) is 9.36. The lowest BCUT2D eigenvalue weighted by molar-refractivity contribution is 0.0989. The van der Waals surface area contributed by atoms with E-state index in [9.17, 15) is 4.79 Å². The van der Waals surface area contributed by atoms with Crippen molar-refractivity contribution in [2.45, 2.75) is 20.3 Å². The number of hydrogen-bond donors (Lipinski definition) is 0. The first-order chi connectivity index (χ1) is 13.2. The predicted molar refractivity (Wildman–Crippen MR) is 110 cm³/mol. The van der Waals surface area contributed by atoms with Gasteiger partial charge in [-0.3, -0.25) is 9.78 Å². The Hall–Kier alpha value is -3.14. The van der Waals surface area contributed by atoms with Crippen molar-refractivity contribution in [3.05, 3.63) is 83.7 Å². The van der Waals surface area contributed by atoms with Crippen molar-refractivity contribution in [1.82, 2.24) is 4.98 Å². The minimum Gasteiger partial charge on any atom is -0.340 e. The number of anilines is 3. The largest absolute Gasteiger partial charge is 0.340 e. The summed E-state index contributed by atoms with van der Waals surface area (Å²) in [6.45, 7) is 5.71. The Morgan fingerprint density at radius 2 is 1.93 bits per heavy atom. The highest BCUT2D eigenvalue weighted by Gasteiger charge is 2.25. The second kappa shape index (κ2) is 7.23. The Morgan fingerprint density at radius 1 is 1.07 bits per heavy atom. The number of carbonyl (C=O) groups is 1. The van der Waals surface area contributed by atoms with Gasteiger partial charge in [-0.2, -0.15) is 0 Å². The minimum absolute atomic E-state index is 0.00888. The molecular formula is C23H23N3O. The first kappa shape index (κ1) is 17.3. The summed E-state index contributed by atoms with van der Waals surface area (Å²) < 4.78 is 0. The summed E-state index contributed by atoms with van der Waals surface area (Å²) in [4.78, 5) is 21.5. The summed E-state index contributed by atoms with van der Waals surface area (Å²) in [6.07, 6.45) is 4.39. The predicted octanol–water partition coefficient (Wildman–Crippen LogP) is 4.75. The number of benzene rings is 2. The molecule has 1 aromatic heterocycles. The number of fused-ring (bicyclic) bond motifs is 1. The van der Waals surface area contributed by atoms with Gasteiger partial charge in [0, 0.05) is 30.7 Å². The molecule has 0 fully saturated rings. The average Bonchev–Trinajstić information content (AvgIpc) is 3.12. The van der Waals surface area contributed by atoms with E-state index >= 15 is 0 Å². The summed E-state index contributed by atoms with van der Waals surface area (Å²) in [7, 11) is 0. The van der Waals surface area contributed by atoms with Gasteiger partial charge in [-0.15, -0.1) is 0 Å². The maximum Gasteiger partial charge on any atom is 0.259 e. The molecule has 2 heterocycles. The van der Waals surface area contributed by atoms with E-state index in [0.717, 1.165) is 36.6 Å². The summed E-state index contributed by atoms with van der Waals surface area (Å²) in [6, 6.07) is 18.4. The number of pyridine rings is 1. The summed E-state index contributed by atoms with van der Waals surface area (Å²) >= 11 is 0. The number of aryl methyl sites for hydroxylation is 1. The van der Waals surface area contributed by atoms with Crippen molar-refractivity contribution in [3.8, 4) is 0 Å². The number of amides is 1. The Labute approximate surface area is 160 Å². The number of hydrogen-bond acceptors (Lipinski definition) is 3. The number of nitrogens with zero attached hydrogens (tertiary/aromatic N) is 3. The molecule has 0 bridgehead atoms. The highest BCUT2D eigenvalue weighted by atomic mass is 16.2. The fourth-order valence-corrected chi connectivity index (χ4v) is 3.71. The van der Waals surface area contributed by atoms with Crippen LogP contribution in [0.2, 0.25) is 0 Å². The molecule has 1 aliphatic heterocycles. The van der Waals surface area contributed by atoms with Crippen LogP contribution in [-0.2, 0) is 6.42 Å². The molecule has 0 saturated heterocycles. The molecule has 4 heteroatoms. The van der Waals surface area contributed by atoms with Crippen LogP contribution >= 0.6 is 0 Å². The maximum absolute atomic E-state index is 13.1. The molecule has 27 heavy (non-hydrogen) atoms. The van der Waals surface area contributed by atoms with Crippen LogP contribution in [0.5, 0.6) is 0 Å². The van der Waals surface area contributed by atoms with E-state index in [0.29, 0.717) is 5.56 Å². The molecule has 2 aromatic carbocycles. The SMILES string of the molecule is CCN(c1cccc(C)c1)c1cncc(C(=O)N2CCc3ccccc32)c1. The van der Waals surface area contributed by atoms with Crippen LogP contribution in [0.25, 0.3) is 0 Å². The molecule has 136 valence electrons. The van der Waals surface area contributed by atoms with E-state index in [-0.39, 0.29) is 5.91 Å². The molecule has 4 nitrogen and oxygen atoms in total. The van der Waals surface area contributed by atoms with Crippen molar-refractivity contribution in [1.29, 1.82) is 0 Å². The molecule has 0 atom stereocenters. The van der Waals surface area contributed by atoms with Crippen molar-refractivity contribution >= 4 is 23.0 Å². The molecule has 0 saturated carbocycles. The molecular weight excluding hydrogens is 334 g/mol. The Balaban J connectivity index is 1.65. The zero-order valence-corrected chi connectivity index (χ0v) is 15.7. The van der Waals surface area contributed by atoms with Crippen LogP contribution in [-0.4, -0.2) is 24.0 Å². The number of carbonyl (C=O) groups excluding carboxylic acids is 1. The Morgan fingerprint density at radius 3 is 2.74 bits per heavy atom. The van der Waals surface area contributed by atoms with Crippen molar-refractivity contribution in [2.24, 2.45) is 0 Å². The van der Waals surface area contributed by atoms with Gasteiger partial charge in [0.2, 0.25) is 0 Å². The number of rotatable bonds is 4. The van der Waals surface area contributed by atoms with Crippen LogP contribution in [0.1, 0.15) is 28.4 Å². The zero-order valence-electron chi connectivity index (χ0n) is 15.7. The third-order valence-electron chi connectivity index (χ3n) is 5.04. The van der Waals surface area contributed by atoms with Gasteiger partial charge in [-0.05, 0) is 55.7 Å². The average molecular weight is 357 g/mol. The van der Waals surface area contributed by atoms with E-state index in [1.54, 1.807) is 6.20 Å². The van der Waals surface area contributed by atoms with Gasteiger partial charge in [0.25, 0.3) is 5.91 Å². The molecule has 0 aliphatic carbocycles. The van der Waals surface area contributed by atoms with Gasteiger partial charge in [0.15, 0.2) is 0 Å². The molecule has 1 amide bonds. The van der Waals surface area contributed by atoms with E-state index in [4.69, 9.17) is 0 Å². The minimum atomic E-state index is 0.00888. The molecule has 1 aliphatic rings.